The van der Waals surface area contributed by atoms with Crippen LogP contribution >= 0.6 is 0 Å². The molecule has 5 aliphatic rings. The van der Waals surface area contributed by atoms with E-state index in [-0.39, 0.29) is 35.6 Å². The number of hydrogen-bond acceptors (Lipinski definition) is 7. The Morgan fingerprint density at radius 3 is 2.52 bits per heavy atom. The van der Waals surface area contributed by atoms with Crippen molar-refractivity contribution in [2.75, 3.05) is 49.5 Å². The van der Waals surface area contributed by atoms with Crippen LogP contribution in [0.3, 0.4) is 0 Å². The number of fused-ring (bicyclic) bond motifs is 3. The second-order valence-corrected chi connectivity index (χ2v) is 16.0. The molecule has 0 unspecified atom stereocenters. The lowest BCUT2D eigenvalue weighted by molar-refractivity contribution is -0.138. The van der Waals surface area contributed by atoms with Crippen LogP contribution in [-0.2, 0) is 15.0 Å². The first-order valence-electron chi connectivity index (χ1n) is 19.4. The first-order chi connectivity index (χ1) is 25.3. The van der Waals surface area contributed by atoms with Crippen molar-refractivity contribution < 1.29 is 14.0 Å². The Balaban J connectivity index is 1.08. The van der Waals surface area contributed by atoms with E-state index in [0.717, 1.165) is 73.3 Å². The molecule has 4 aromatic rings. The third-order valence-corrected chi connectivity index (χ3v) is 12.6. The Kier molecular flexibility index (Phi) is 8.53. The standard InChI is InChI=1S/C41H49FN8O2/c1-26(2)49-25-44-35-23-34(46-38(37(35)49)45-33-9-5-4-8-32(33)42)27-10-11-31-36(20-27)50(30-21-29(22-30)47-16-6-3-7-17-47)40(52)41(31)13-18-48(19-14-41)39(51)28-12-15-43-24-28/h4-5,8-11,20,23,25-26,28-30,43H,3,6-7,12-19,21-22,24H2,1-2H3,(H,45,46)/t28-,29?,30?/m1/s1. The quantitative estimate of drug-likeness (QED) is 0.230. The maximum atomic E-state index is 14.9. The fraction of sp³-hybridized carbons (Fsp3) is 0.512. The van der Waals surface area contributed by atoms with Crippen molar-refractivity contribution in [3.05, 3.63) is 66.2 Å². The van der Waals surface area contributed by atoms with Crippen molar-refractivity contribution in [1.82, 2.24) is 29.7 Å². The first-order valence-corrected chi connectivity index (χ1v) is 19.4. The van der Waals surface area contributed by atoms with Gasteiger partial charge in [0, 0.05) is 49.0 Å². The van der Waals surface area contributed by atoms with Crippen LogP contribution in [0.1, 0.15) is 76.8 Å². The summed E-state index contributed by atoms with van der Waals surface area (Å²) in [4.78, 5) is 44.9. The van der Waals surface area contributed by atoms with Crippen molar-refractivity contribution in [3.63, 3.8) is 0 Å². The number of amides is 2. The highest BCUT2D eigenvalue weighted by Gasteiger charge is 2.56. The molecule has 4 fully saturated rings. The Morgan fingerprint density at radius 1 is 1.00 bits per heavy atom. The third-order valence-electron chi connectivity index (χ3n) is 12.6. The van der Waals surface area contributed by atoms with E-state index >= 15 is 0 Å². The number of rotatable bonds is 7. The molecule has 2 aromatic carbocycles. The molecule has 2 N–H and O–H groups in total. The van der Waals surface area contributed by atoms with E-state index in [0.29, 0.717) is 49.2 Å². The van der Waals surface area contributed by atoms with Crippen LogP contribution in [0, 0.1) is 11.7 Å². The summed E-state index contributed by atoms with van der Waals surface area (Å²) < 4.78 is 17.0. The summed E-state index contributed by atoms with van der Waals surface area (Å²) in [5.41, 5.74) is 4.93. The Bertz CT molecular complexity index is 2000. The Hall–Kier alpha value is -4.35. The highest BCUT2D eigenvalue weighted by Crippen LogP contribution is 2.52. The number of pyridine rings is 1. The number of piperidine rings is 2. The molecule has 6 heterocycles. The molecular formula is C41H49FN8O2. The number of imidazole rings is 1. The zero-order valence-electron chi connectivity index (χ0n) is 30.3. The molecule has 2 aromatic heterocycles. The van der Waals surface area contributed by atoms with Crippen molar-refractivity contribution >= 4 is 40.0 Å². The van der Waals surface area contributed by atoms with Crippen LogP contribution in [0.4, 0.5) is 21.6 Å². The van der Waals surface area contributed by atoms with Crippen LogP contribution in [0.25, 0.3) is 22.3 Å². The van der Waals surface area contributed by atoms with Gasteiger partial charge in [-0.05, 0) is 108 Å². The number of hydrogen-bond donors (Lipinski definition) is 2. The van der Waals surface area contributed by atoms with E-state index in [2.05, 4.69) is 57.0 Å². The van der Waals surface area contributed by atoms with Gasteiger partial charge in [-0.15, -0.1) is 0 Å². The molecule has 272 valence electrons. The van der Waals surface area contributed by atoms with Crippen LogP contribution in [-0.4, -0.2) is 87.5 Å². The lowest BCUT2D eigenvalue weighted by atomic mass is 9.73. The van der Waals surface area contributed by atoms with Crippen molar-refractivity contribution in [2.45, 2.75) is 88.8 Å². The average molecular weight is 705 g/mol. The predicted octanol–water partition coefficient (Wildman–Crippen LogP) is 6.40. The zero-order chi connectivity index (χ0) is 35.6. The van der Waals surface area contributed by atoms with E-state index in [1.165, 1.54) is 25.3 Å². The second kappa shape index (κ2) is 13.3. The summed E-state index contributed by atoms with van der Waals surface area (Å²) in [5.74, 6) is 0.633. The maximum absolute atomic E-state index is 14.9. The zero-order valence-corrected chi connectivity index (χ0v) is 30.3. The normalized spacial score (nSPS) is 24.5. The van der Waals surface area contributed by atoms with Gasteiger partial charge in [-0.25, -0.2) is 14.4 Å². The van der Waals surface area contributed by atoms with E-state index in [1.807, 2.05) is 17.3 Å². The predicted molar refractivity (Wildman–Crippen MR) is 201 cm³/mol. The van der Waals surface area contributed by atoms with Crippen molar-refractivity contribution in [2.24, 2.45) is 5.92 Å². The van der Waals surface area contributed by atoms with Gasteiger partial charge in [0.1, 0.15) is 11.3 Å². The number of halogens is 1. The topological polar surface area (TPSA) is 98.6 Å². The number of benzene rings is 2. The largest absolute Gasteiger partial charge is 0.342 e. The monoisotopic (exact) mass is 704 g/mol. The summed E-state index contributed by atoms with van der Waals surface area (Å²) in [5, 5.41) is 6.60. The molecule has 1 atom stereocenters. The molecule has 1 aliphatic carbocycles. The first kappa shape index (κ1) is 33.5. The van der Waals surface area contributed by atoms with Gasteiger partial charge in [0.15, 0.2) is 5.82 Å². The summed E-state index contributed by atoms with van der Waals surface area (Å²) in [6, 6.07) is 15.8. The van der Waals surface area contributed by atoms with Crippen molar-refractivity contribution in [3.8, 4) is 11.3 Å². The van der Waals surface area contributed by atoms with E-state index < -0.39 is 5.41 Å². The Labute approximate surface area is 304 Å². The maximum Gasteiger partial charge on any atom is 0.238 e. The summed E-state index contributed by atoms with van der Waals surface area (Å²) in [6.45, 7) is 9.31. The number of carbonyl (C=O) groups excluding carboxylic acids is 2. The minimum atomic E-state index is -0.639. The molecule has 52 heavy (non-hydrogen) atoms. The van der Waals surface area contributed by atoms with Crippen molar-refractivity contribution in [1.29, 1.82) is 0 Å². The number of para-hydroxylation sites is 1. The van der Waals surface area contributed by atoms with Crippen LogP contribution in [0.15, 0.2) is 54.9 Å². The van der Waals surface area contributed by atoms with Crippen LogP contribution in [0.2, 0.25) is 0 Å². The highest BCUT2D eigenvalue weighted by atomic mass is 19.1. The lowest BCUT2D eigenvalue weighted by Gasteiger charge is -2.48. The lowest BCUT2D eigenvalue weighted by Crippen LogP contribution is -2.58. The fourth-order valence-electron chi connectivity index (χ4n) is 9.56. The van der Waals surface area contributed by atoms with E-state index in [4.69, 9.17) is 9.97 Å². The molecule has 1 spiro atoms. The molecule has 2 amide bonds. The smallest absolute Gasteiger partial charge is 0.238 e. The summed E-state index contributed by atoms with van der Waals surface area (Å²) in [6.07, 6.45) is 9.76. The highest BCUT2D eigenvalue weighted by molar-refractivity contribution is 6.09. The average Bonchev–Trinajstić information content (AvgIpc) is 3.89. The van der Waals surface area contributed by atoms with E-state index in [9.17, 15) is 14.0 Å². The molecule has 10 nitrogen and oxygen atoms in total. The number of aromatic nitrogens is 3. The number of carbonyl (C=O) groups is 2. The SMILES string of the molecule is CC(C)n1cnc2cc(-c3ccc4c(c3)N(C3CC(N5CCCCC5)C3)C(=O)C43CCN(C(=O)[C@@H]4CCNC4)CC3)nc(Nc3ccccc3F)c21. The molecule has 0 radical (unpaired) electrons. The number of anilines is 3. The van der Waals surface area contributed by atoms with Gasteiger partial charge in [0.25, 0.3) is 0 Å². The van der Waals surface area contributed by atoms with Gasteiger partial charge in [0.05, 0.1) is 34.6 Å². The number of nitrogens with zero attached hydrogens (tertiary/aromatic N) is 6. The number of likely N-dealkylation sites (tertiary alicyclic amines) is 2. The molecule has 9 rings (SSSR count). The van der Waals surface area contributed by atoms with Gasteiger partial charge in [-0.1, -0.05) is 30.7 Å². The van der Waals surface area contributed by atoms with Gasteiger partial charge in [0.2, 0.25) is 11.8 Å². The fourth-order valence-corrected chi connectivity index (χ4v) is 9.56. The molecular weight excluding hydrogens is 656 g/mol. The summed E-state index contributed by atoms with van der Waals surface area (Å²) >= 11 is 0. The Morgan fingerprint density at radius 2 is 1.79 bits per heavy atom. The molecule has 11 heteroatoms. The third kappa shape index (κ3) is 5.59. The summed E-state index contributed by atoms with van der Waals surface area (Å²) in [7, 11) is 0. The minimum absolute atomic E-state index is 0.0379. The second-order valence-electron chi connectivity index (χ2n) is 16.0. The van der Waals surface area contributed by atoms with Crippen LogP contribution < -0.4 is 15.5 Å². The molecule has 4 aliphatic heterocycles. The number of nitrogens with one attached hydrogen (secondary N) is 2. The molecule has 1 saturated carbocycles. The van der Waals surface area contributed by atoms with Gasteiger partial charge >= 0.3 is 0 Å². The van der Waals surface area contributed by atoms with Gasteiger partial charge in [-0.2, -0.15) is 0 Å². The van der Waals surface area contributed by atoms with E-state index in [1.54, 1.807) is 18.2 Å². The van der Waals surface area contributed by atoms with Crippen LogP contribution in [0.5, 0.6) is 0 Å². The minimum Gasteiger partial charge on any atom is -0.342 e. The van der Waals surface area contributed by atoms with Gasteiger partial charge < -0.3 is 29.9 Å². The van der Waals surface area contributed by atoms with Gasteiger partial charge in [-0.3, -0.25) is 9.59 Å². The molecule has 0 bridgehead atoms. The molecule has 3 saturated heterocycles.